The van der Waals surface area contributed by atoms with Gasteiger partial charge >= 0.3 is 0 Å². The molecule has 2 rings (SSSR count). The summed E-state index contributed by atoms with van der Waals surface area (Å²) in [7, 11) is -0.897. The van der Waals surface area contributed by atoms with Crippen molar-refractivity contribution in [3.8, 4) is 0 Å². The molecule has 0 radical (unpaired) electrons. The van der Waals surface area contributed by atoms with E-state index in [1.54, 1.807) is 11.8 Å². The Morgan fingerprint density at radius 3 is 2.86 bits per heavy atom. The fraction of sp³-hybridized carbons (Fsp3) is 0.875. The molecule has 2 aliphatic heterocycles. The largest absolute Gasteiger partial charge is 0.348 e. The van der Waals surface area contributed by atoms with E-state index in [1.165, 1.54) is 0 Å². The Balaban J connectivity index is 2.18. The Morgan fingerprint density at radius 2 is 2.29 bits per heavy atom. The number of nitrogens with zero attached hydrogens (tertiary/aromatic N) is 2. The van der Waals surface area contributed by atoms with Crippen LogP contribution in [0.15, 0.2) is 4.99 Å². The van der Waals surface area contributed by atoms with E-state index in [0.717, 1.165) is 10.9 Å². The van der Waals surface area contributed by atoms with Crippen molar-refractivity contribution in [3.63, 3.8) is 0 Å². The minimum absolute atomic E-state index is 0.0148. The summed E-state index contributed by atoms with van der Waals surface area (Å²) in [6.07, 6.45) is 0. The smallest absolute Gasteiger partial charge is 0.159 e. The molecule has 2 heterocycles. The fourth-order valence-corrected chi connectivity index (χ4v) is 4.67. The lowest BCUT2D eigenvalue weighted by Gasteiger charge is -2.20. The van der Waals surface area contributed by atoms with Crippen LogP contribution in [0.3, 0.4) is 0 Å². The highest BCUT2D eigenvalue weighted by molar-refractivity contribution is 8.13. The van der Waals surface area contributed by atoms with E-state index in [9.17, 15) is 8.42 Å². The molecule has 0 bridgehead atoms. The lowest BCUT2D eigenvalue weighted by atomic mass is 10.2. The van der Waals surface area contributed by atoms with Gasteiger partial charge < -0.3 is 4.90 Å². The zero-order valence-corrected chi connectivity index (χ0v) is 9.94. The standard InChI is InChI=1S/C8H14N2O2S2/c1-3-13-8-9-6-4-14(11,12)5-7(6)10(8)2/h6-7H,3-5H2,1-2H3. The Morgan fingerprint density at radius 1 is 1.57 bits per heavy atom. The van der Waals surface area contributed by atoms with Crippen molar-refractivity contribution in [2.24, 2.45) is 4.99 Å². The van der Waals surface area contributed by atoms with Crippen LogP contribution in [0.1, 0.15) is 6.92 Å². The topological polar surface area (TPSA) is 49.7 Å². The Kier molecular flexibility index (Phi) is 2.51. The van der Waals surface area contributed by atoms with E-state index in [1.807, 2.05) is 11.9 Å². The second-order valence-corrected chi connectivity index (χ2v) is 7.05. The van der Waals surface area contributed by atoms with Crippen LogP contribution in [-0.4, -0.2) is 54.9 Å². The summed E-state index contributed by atoms with van der Waals surface area (Å²) in [5.74, 6) is 1.48. The number of fused-ring (bicyclic) bond motifs is 1. The first kappa shape index (κ1) is 10.3. The van der Waals surface area contributed by atoms with Crippen LogP contribution in [0.5, 0.6) is 0 Å². The van der Waals surface area contributed by atoms with Crippen molar-refractivity contribution in [1.82, 2.24) is 4.90 Å². The van der Waals surface area contributed by atoms with Gasteiger partial charge in [-0.3, -0.25) is 4.99 Å². The van der Waals surface area contributed by atoms with Crippen molar-refractivity contribution >= 4 is 26.8 Å². The van der Waals surface area contributed by atoms with Gasteiger partial charge in [0.2, 0.25) is 0 Å². The average molecular weight is 234 g/mol. The Bertz CT molecular complexity index is 364. The number of hydrogen-bond donors (Lipinski definition) is 0. The van der Waals surface area contributed by atoms with Crippen molar-refractivity contribution in [3.05, 3.63) is 0 Å². The highest BCUT2D eigenvalue weighted by Gasteiger charge is 2.44. The first-order valence-corrected chi connectivity index (χ1v) is 7.48. The van der Waals surface area contributed by atoms with E-state index < -0.39 is 9.84 Å². The number of aliphatic imine (C=N–C) groups is 1. The van der Waals surface area contributed by atoms with Crippen LogP contribution < -0.4 is 0 Å². The zero-order chi connectivity index (χ0) is 10.3. The van der Waals surface area contributed by atoms with Crippen LogP contribution in [0.4, 0.5) is 0 Å². The Labute approximate surface area is 88.7 Å². The second kappa shape index (κ2) is 3.41. The van der Waals surface area contributed by atoms with Gasteiger partial charge in [-0.05, 0) is 5.75 Å². The molecule has 2 aliphatic rings. The lowest BCUT2D eigenvalue weighted by Crippen LogP contribution is -2.35. The van der Waals surface area contributed by atoms with Gasteiger partial charge in [0.05, 0.1) is 23.6 Å². The molecule has 6 heteroatoms. The molecule has 4 nitrogen and oxygen atoms in total. The van der Waals surface area contributed by atoms with Gasteiger partial charge in [-0.25, -0.2) is 8.42 Å². The molecule has 0 aromatic heterocycles. The average Bonchev–Trinajstić information content (AvgIpc) is 2.50. The third-order valence-electron chi connectivity index (χ3n) is 2.64. The highest BCUT2D eigenvalue weighted by Crippen LogP contribution is 2.29. The van der Waals surface area contributed by atoms with E-state index in [2.05, 4.69) is 11.9 Å². The number of likely N-dealkylation sites (N-methyl/N-ethyl adjacent to an activating group) is 1. The molecule has 2 unspecified atom stereocenters. The SMILES string of the molecule is CCSC1=NC2CS(=O)(=O)CC2N1C. The summed E-state index contributed by atoms with van der Waals surface area (Å²) in [6, 6.07) is 0.0769. The minimum Gasteiger partial charge on any atom is -0.348 e. The molecule has 0 spiro atoms. The molecule has 1 saturated heterocycles. The molecule has 0 N–H and O–H groups in total. The summed E-state index contributed by atoms with van der Waals surface area (Å²) in [5.41, 5.74) is 0. The number of hydrogen-bond acceptors (Lipinski definition) is 5. The zero-order valence-electron chi connectivity index (χ0n) is 8.30. The van der Waals surface area contributed by atoms with E-state index in [4.69, 9.17) is 0 Å². The third-order valence-corrected chi connectivity index (χ3v) is 5.28. The predicted octanol–water partition coefficient (Wildman–Crippen LogP) is 0.206. The molecule has 0 saturated carbocycles. The number of rotatable bonds is 1. The van der Waals surface area contributed by atoms with Crippen LogP contribution >= 0.6 is 11.8 Å². The summed E-state index contributed by atoms with van der Waals surface area (Å²) >= 11 is 1.68. The maximum absolute atomic E-state index is 11.4. The van der Waals surface area contributed by atoms with Crippen LogP contribution in [0, 0.1) is 0 Å². The summed E-state index contributed by atoms with van der Waals surface area (Å²) in [5, 5.41) is 0.998. The highest BCUT2D eigenvalue weighted by atomic mass is 32.2. The maximum atomic E-state index is 11.4. The summed E-state index contributed by atoms with van der Waals surface area (Å²) in [6.45, 7) is 2.08. The molecule has 0 amide bonds. The van der Waals surface area contributed by atoms with Crippen molar-refractivity contribution < 1.29 is 8.42 Å². The quantitative estimate of drug-likeness (QED) is 0.650. The van der Waals surface area contributed by atoms with Crippen molar-refractivity contribution in [2.75, 3.05) is 24.3 Å². The van der Waals surface area contributed by atoms with Gasteiger partial charge in [0, 0.05) is 7.05 Å². The number of sulfone groups is 1. The maximum Gasteiger partial charge on any atom is 0.159 e. The molecule has 2 atom stereocenters. The summed E-state index contributed by atoms with van der Waals surface area (Å²) < 4.78 is 22.7. The molecule has 14 heavy (non-hydrogen) atoms. The Hall–Kier alpha value is -0.230. The molecule has 0 aromatic rings. The molecule has 1 fully saturated rings. The molecular weight excluding hydrogens is 220 g/mol. The first-order chi connectivity index (χ1) is 6.53. The first-order valence-electron chi connectivity index (χ1n) is 4.67. The van der Waals surface area contributed by atoms with Gasteiger partial charge in [0.1, 0.15) is 0 Å². The van der Waals surface area contributed by atoms with Gasteiger partial charge in [-0.1, -0.05) is 18.7 Å². The van der Waals surface area contributed by atoms with Crippen molar-refractivity contribution in [2.45, 2.75) is 19.0 Å². The third kappa shape index (κ3) is 1.65. The van der Waals surface area contributed by atoms with E-state index >= 15 is 0 Å². The van der Waals surface area contributed by atoms with Crippen LogP contribution in [0.2, 0.25) is 0 Å². The second-order valence-electron chi connectivity index (χ2n) is 3.67. The van der Waals surface area contributed by atoms with Gasteiger partial charge in [-0.15, -0.1) is 0 Å². The minimum atomic E-state index is -2.83. The van der Waals surface area contributed by atoms with Gasteiger partial charge in [0.25, 0.3) is 0 Å². The fourth-order valence-electron chi connectivity index (χ4n) is 1.95. The predicted molar refractivity (Wildman–Crippen MR) is 59.6 cm³/mol. The lowest BCUT2D eigenvalue weighted by molar-refractivity contribution is 0.410. The van der Waals surface area contributed by atoms with Crippen LogP contribution in [-0.2, 0) is 9.84 Å². The van der Waals surface area contributed by atoms with Gasteiger partial charge in [0.15, 0.2) is 15.0 Å². The molecule has 80 valence electrons. The molecule has 0 aromatic carbocycles. The summed E-state index contributed by atoms with van der Waals surface area (Å²) in [4.78, 5) is 6.46. The van der Waals surface area contributed by atoms with Crippen LogP contribution in [0.25, 0.3) is 0 Å². The molecule has 0 aliphatic carbocycles. The van der Waals surface area contributed by atoms with Crippen molar-refractivity contribution in [1.29, 1.82) is 0 Å². The normalized spacial score (nSPS) is 34.4. The van der Waals surface area contributed by atoms with Gasteiger partial charge in [-0.2, -0.15) is 0 Å². The van der Waals surface area contributed by atoms with E-state index in [-0.39, 0.29) is 23.6 Å². The number of amidine groups is 1. The number of thioether (sulfide) groups is 1. The monoisotopic (exact) mass is 234 g/mol. The van der Waals surface area contributed by atoms with E-state index in [0.29, 0.717) is 0 Å². The molecular formula is C8H14N2O2S2.